The molecule has 17 heavy (non-hydrogen) atoms. The lowest BCUT2D eigenvalue weighted by Crippen LogP contribution is -1.93. The molecule has 0 aliphatic rings. The van der Waals surface area contributed by atoms with Gasteiger partial charge in [-0.1, -0.05) is 38.8 Å². The molecule has 0 aliphatic heterocycles. The van der Waals surface area contributed by atoms with Crippen molar-refractivity contribution < 1.29 is 15.0 Å². The molecule has 1 aromatic carbocycles. The SMILES string of the molecule is CCCCCC(=O)CC.Oc1ccccc1O. The Kier molecular flexibility index (Phi) is 8.84. The molecular formula is C14H22O3. The van der Waals surface area contributed by atoms with E-state index < -0.39 is 0 Å². The van der Waals surface area contributed by atoms with Gasteiger partial charge in [-0.3, -0.25) is 4.79 Å². The van der Waals surface area contributed by atoms with Crippen molar-refractivity contribution in [2.75, 3.05) is 0 Å². The van der Waals surface area contributed by atoms with Gasteiger partial charge in [-0.05, 0) is 18.6 Å². The highest BCUT2D eigenvalue weighted by Crippen LogP contribution is 2.21. The Bertz CT molecular complexity index is 300. The van der Waals surface area contributed by atoms with Crippen LogP contribution in [0.3, 0.4) is 0 Å². The molecule has 3 nitrogen and oxygen atoms in total. The number of hydrogen-bond acceptors (Lipinski definition) is 3. The molecule has 0 atom stereocenters. The van der Waals surface area contributed by atoms with Gasteiger partial charge in [-0.2, -0.15) is 0 Å². The molecule has 0 heterocycles. The van der Waals surface area contributed by atoms with Crippen LogP contribution in [0.25, 0.3) is 0 Å². The number of ketones is 1. The third-order valence-corrected chi connectivity index (χ3v) is 2.34. The molecule has 0 fully saturated rings. The van der Waals surface area contributed by atoms with Crippen LogP contribution in [-0.2, 0) is 4.79 Å². The second kappa shape index (κ2) is 9.70. The quantitative estimate of drug-likeness (QED) is 0.608. The summed E-state index contributed by atoms with van der Waals surface area (Å²) < 4.78 is 0. The van der Waals surface area contributed by atoms with E-state index in [-0.39, 0.29) is 11.5 Å². The van der Waals surface area contributed by atoms with Gasteiger partial charge in [0.2, 0.25) is 0 Å². The smallest absolute Gasteiger partial charge is 0.157 e. The zero-order valence-corrected chi connectivity index (χ0v) is 10.6. The molecule has 0 amide bonds. The van der Waals surface area contributed by atoms with Crippen LogP contribution in [0.4, 0.5) is 0 Å². The van der Waals surface area contributed by atoms with E-state index in [1.807, 2.05) is 6.92 Å². The Hall–Kier alpha value is -1.51. The Morgan fingerprint density at radius 1 is 1.06 bits per heavy atom. The van der Waals surface area contributed by atoms with Crippen molar-refractivity contribution >= 4 is 5.78 Å². The van der Waals surface area contributed by atoms with Crippen LogP contribution >= 0.6 is 0 Å². The van der Waals surface area contributed by atoms with Crippen LogP contribution in [0, 0.1) is 0 Å². The Balaban J connectivity index is 0.000000302. The minimum atomic E-state index is -0.0764. The minimum absolute atomic E-state index is 0.0764. The van der Waals surface area contributed by atoms with Crippen LogP contribution in [-0.4, -0.2) is 16.0 Å². The fourth-order valence-corrected chi connectivity index (χ4v) is 1.21. The van der Waals surface area contributed by atoms with Gasteiger partial charge < -0.3 is 10.2 Å². The summed E-state index contributed by atoms with van der Waals surface area (Å²) in [6.45, 7) is 4.07. The largest absolute Gasteiger partial charge is 0.504 e. The van der Waals surface area contributed by atoms with Crippen LogP contribution in [0.1, 0.15) is 46.0 Å². The molecular weight excluding hydrogens is 216 g/mol. The molecule has 0 spiro atoms. The number of aromatic hydroxyl groups is 2. The second-order valence-electron chi connectivity index (χ2n) is 3.84. The average Bonchev–Trinajstić information content (AvgIpc) is 2.34. The van der Waals surface area contributed by atoms with Gasteiger partial charge >= 0.3 is 0 Å². The summed E-state index contributed by atoms with van der Waals surface area (Å²) in [7, 11) is 0. The zero-order chi connectivity index (χ0) is 13.1. The van der Waals surface area contributed by atoms with Crippen LogP contribution in [0.5, 0.6) is 11.5 Å². The van der Waals surface area contributed by atoms with Crippen molar-refractivity contribution in [1.82, 2.24) is 0 Å². The third kappa shape index (κ3) is 8.31. The van der Waals surface area contributed by atoms with Crippen molar-refractivity contribution in [1.29, 1.82) is 0 Å². The zero-order valence-electron chi connectivity index (χ0n) is 10.6. The van der Waals surface area contributed by atoms with Crippen LogP contribution < -0.4 is 0 Å². The number of para-hydroxylation sites is 2. The first kappa shape index (κ1) is 15.5. The van der Waals surface area contributed by atoms with Crippen molar-refractivity contribution in [2.45, 2.75) is 46.0 Å². The van der Waals surface area contributed by atoms with Gasteiger partial charge in [0, 0.05) is 12.8 Å². The molecule has 0 unspecified atom stereocenters. The first-order valence-electron chi connectivity index (χ1n) is 6.10. The molecule has 0 radical (unpaired) electrons. The molecule has 0 bridgehead atoms. The summed E-state index contributed by atoms with van der Waals surface area (Å²) in [6.07, 6.45) is 5.00. The Labute approximate surface area is 103 Å². The standard InChI is InChI=1S/C8H16O.C6H6O2/c1-3-5-6-7-8(9)4-2;7-5-3-1-2-4-6(5)8/h3-7H2,1-2H3;1-4,7-8H. The minimum Gasteiger partial charge on any atom is -0.504 e. The van der Waals surface area contributed by atoms with Crippen molar-refractivity contribution in [3.05, 3.63) is 24.3 Å². The normalized spacial score (nSPS) is 9.29. The second-order valence-corrected chi connectivity index (χ2v) is 3.84. The third-order valence-electron chi connectivity index (χ3n) is 2.34. The van der Waals surface area contributed by atoms with E-state index in [4.69, 9.17) is 10.2 Å². The first-order chi connectivity index (χ1) is 8.11. The highest BCUT2D eigenvalue weighted by Gasteiger charge is 1.95. The first-order valence-corrected chi connectivity index (χ1v) is 6.10. The molecule has 0 saturated heterocycles. The lowest BCUT2D eigenvalue weighted by Gasteiger charge is -1.93. The van der Waals surface area contributed by atoms with Crippen molar-refractivity contribution in [3.8, 4) is 11.5 Å². The van der Waals surface area contributed by atoms with E-state index in [2.05, 4.69) is 6.92 Å². The number of rotatable bonds is 5. The number of carbonyl (C=O) groups is 1. The fraction of sp³-hybridized carbons (Fsp3) is 0.500. The van der Waals surface area contributed by atoms with E-state index in [0.717, 1.165) is 12.8 Å². The number of benzene rings is 1. The molecule has 1 rings (SSSR count). The predicted octanol–water partition coefficient (Wildman–Crippen LogP) is 3.64. The van der Waals surface area contributed by atoms with Gasteiger partial charge in [0.25, 0.3) is 0 Å². The van der Waals surface area contributed by atoms with Gasteiger partial charge in [0.05, 0.1) is 0 Å². The summed E-state index contributed by atoms with van der Waals surface area (Å²) >= 11 is 0. The maximum absolute atomic E-state index is 10.7. The highest BCUT2D eigenvalue weighted by molar-refractivity contribution is 5.77. The number of carbonyl (C=O) groups excluding carboxylic acids is 1. The number of unbranched alkanes of at least 4 members (excludes halogenated alkanes) is 2. The number of hydrogen-bond donors (Lipinski definition) is 2. The van der Waals surface area contributed by atoms with Gasteiger partial charge in [0.15, 0.2) is 11.5 Å². The predicted molar refractivity (Wildman–Crippen MR) is 69.2 cm³/mol. The van der Waals surface area contributed by atoms with Gasteiger partial charge in [0.1, 0.15) is 5.78 Å². The molecule has 3 heteroatoms. The van der Waals surface area contributed by atoms with E-state index in [1.54, 1.807) is 12.1 Å². The summed E-state index contributed by atoms with van der Waals surface area (Å²) in [5, 5.41) is 17.3. The molecule has 96 valence electrons. The lowest BCUT2D eigenvalue weighted by atomic mass is 10.1. The van der Waals surface area contributed by atoms with Crippen molar-refractivity contribution in [3.63, 3.8) is 0 Å². The van der Waals surface area contributed by atoms with Crippen LogP contribution in [0.2, 0.25) is 0 Å². The topological polar surface area (TPSA) is 57.5 Å². The van der Waals surface area contributed by atoms with E-state index >= 15 is 0 Å². The summed E-state index contributed by atoms with van der Waals surface area (Å²) in [6, 6.07) is 6.15. The highest BCUT2D eigenvalue weighted by atomic mass is 16.3. The van der Waals surface area contributed by atoms with Gasteiger partial charge in [-0.25, -0.2) is 0 Å². The summed E-state index contributed by atoms with van der Waals surface area (Å²) in [5.74, 6) is 0.253. The molecule has 0 saturated carbocycles. The summed E-state index contributed by atoms with van der Waals surface area (Å²) in [4.78, 5) is 10.7. The van der Waals surface area contributed by atoms with E-state index in [1.165, 1.54) is 25.0 Å². The molecule has 0 aromatic heterocycles. The molecule has 0 aliphatic carbocycles. The van der Waals surface area contributed by atoms with E-state index in [0.29, 0.717) is 12.2 Å². The maximum atomic E-state index is 10.7. The van der Waals surface area contributed by atoms with Crippen molar-refractivity contribution in [2.24, 2.45) is 0 Å². The number of Topliss-reactive ketones (excluding diaryl/α,β-unsaturated/α-hetero) is 1. The summed E-state index contributed by atoms with van der Waals surface area (Å²) in [5.41, 5.74) is 0. The Morgan fingerprint density at radius 3 is 1.94 bits per heavy atom. The van der Waals surface area contributed by atoms with E-state index in [9.17, 15) is 4.79 Å². The average molecular weight is 238 g/mol. The Morgan fingerprint density at radius 2 is 1.59 bits per heavy atom. The molecule has 1 aromatic rings. The van der Waals surface area contributed by atoms with Gasteiger partial charge in [-0.15, -0.1) is 0 Å². The fourth-order valence-electron chi connectivity index (χ4n) is 1.21. The number of phenols is 2. The van der Waals surface area contributed by atoms with Crippen LogP contribution in [0.15, 0.2) is 24.3 Å². The molecule has 2 N–H and O–H groups in total. The maximum Gasteiger partial charge on any atom is 0.157 e. The lowest BCUT2D eigenvalue weighted by molar-refractivity contribution is -0.118. The monoisotopic (exact) mass is 238 g/mol. The number of phenolic OH excluding ortho intramolecular Hbond substituents is 2.